The summed E-state index contributed by atoms with van der Waals surface area (Å²) in [6, 6.07) is 0. The quantitative estimate of drug-likeness (QED) is 0.318. The van der Waals surface area contributed by atoms with Crippen molar-refractivity contribution in [2.45, 2.75) is 71.8 Å². The van der Waals surface area contributed by atoms with Gasteiger partial charge in [-0.05, 0) is 51.2 Å². The molecule has 1 aliphatic carbocycles. The predicted molar refractivity (Wildman–Crippen MR) is 146 cm³/mol. The van der Waals surface area contributed by atoms with Gasteiger partial charge in [0.15, 0.2) is 10.9 Å². The third kappa shape index (κ3) is 5.96. The van der Waals surface area contributed by atoms with Crippen LogP contribution >= 0.6 is 11.3 Å². The number of hydrogen-bond donors (Lipinski definition) is 4. The fourth-order valence-electron chi connectivity index (χ4n) is 4.70. The van der Waals surface area contributed by atoms with Crippen molar-refractivity contribution in [1.29, 1.82) is 0 Å². The number of nitrogen functional groups attached to an aromatic ring is 1. The summed E-state index contributed by atoms with van der Waals surface area (Å²) in [6.07, 6.45) is 4.12. The summed E-state index contributed by atoms with van der Waals surface area (Å²) in [5.41, 5.74) is 9.32. The molecule has 200 valence electrons. The predicted octanol–water partition coefficient (Wildman–Crippen LogP) is 3.35. The van der Waals surface area contributed by atoms with E-state index in [0.29, 0.717) is 34.3 Å². The summed E-state index contributed by atoms with van der Waals surface area (Å²) in [5, 5.41) is 15.0. The minimum absolute atomic E-state index is 0.0248. The van der Waals surface area contributed by atoms with Crippen LogP contribution in [0, 0.1) is 0 Å². The molecule has 0 atom stereocenters. The average molecular weight is 537 g/mol. The molecule has 2 amide bonds. The Morgan fingerprint density at radius 1 is 1.21 bits per heavy atom. The fourth-order valence-corrected chi connectivity index (χ4v) is 5.41. The molecular weight excluding hydrogens is 504 g/mol. The first kappa shape index (κ1) is 27.1. The molecular formula is C26H32N8O3S. The van der Waals surface area contributed by atoms with E-state index in [2.05, 4.69) is 35.8 Å². The first-order chi connectivity index (χ1) is 17.7. The number of carbonyl (C=O) groups excluding carboxylic acids is 3. The number of carbonyl (C=O) groups is 3. The van der Waals surface area contributed by atoms with E-state index in [1.807, 2.05) is 27.7 Å². The maximum atomic E-state index is 13.2. The van der Waals surface area contributed by atoms with Gasteiger partial charge in [0.25, 0.3) is 5.91 Å². The van der Waals surface area contributed by atoms with Crippen LogP contribution < -0.4 is 16.4 Å². The molecule has 0 saturated carbocycles. The zero-order valence-electron chi connectivity index (χ0n) is 22.4. The Hall–Kier alpha value is -3.93. The number of ketones is 1. The third-order valence-corrected chi connectivity index (χ3v) is 6.87. The van der Waals surface area contributed by atoms with Crippen molar-refractivity contribution in [3.8, 4) is 11.4 Å². The smallest absolute Gasteiger partial charge is 0.275 e. The Bertz CT molecular complexity index is 1450. The van der Waals surface area contributed by atoms with Gasteiger partial charge in [-0.3, -0.25) is 24.8 Å². The van der Waals surface area contributed by atoms with Gasteiger partial charge in [0, 0.05) is 29.1 Å². The highest BCUT2D eigenvalue weighted by Crippen LogP contribution is 2.42. The number of amides is 2. The topological polar surface area (TPSA) is 169 Å². The van der Waals surface area contributed by atoms with Crippen molar-refractivity contribution in [3.05, 3.63) is 45.7 Å². The molecule has 38 heavy (non-hydrogen) atoms. The SMILES string of the molecule is CC(C)=CC(=O)CC(C)(C)NC(=O)Cc1csc(NC(=O)c2[nH]nc3c2C(C)(C)Cc2cnc(N)nc2-3)n1. The molecule has 11 nitrogen and oxygen atoms in total. The molecule has 3 aromatic rings. The molecule has 0 fully saturated rings. The molecule has 0 aromatic carbocycles. The van der Waals surface area contributed by atoms with Crippen LogP contribution in [0.25, 0.3) is 11.4 Å². The molecule has 0 spiro atoms. The normalized spacial score (nSPS) is 13.7. The zero-order valence-corrected chi connectivity index (χ0v) is 23.2. The van der Waals surface area contributed by atoms with Crippen LogP contribution in [0.2, 0.25) is 0 Å². The minimum Gasteiger partial charge on any atom is -0.368 e. The molecule has 0 bridgehead atoms. The average Bonchev–Trinajstić information content (AvgIpc) is 3.40. The summed E-state index contributed by atoms with van der Waals surface area (Å²) >= 11 is 1.22. The van der Waals surface area contributed by atoms with Crippen molar-refractivity contribution >= 4 is 40.0 Å². The van der Waals surface area contributed by atoms with Crippen LogP contribution in [-0.2, 0) is 27.8 Å². The molecule has 0 radical (unpaired) electrons. The third-order valence-electron chi connectivity index (χ3n) is 6.07. The minimum atomic E-state index is -0.700. The number of fused-ring (bicyclic) bond motifs is 3. The maximum Gasteiger partial charge on any atom is 0.275 e. The lowest BCUT2D eigenvalue weighted by molar-refractivity contribution is -0.122. The molecule has 3 aromatic heterocycles. The van der Waals surface area contributed by atoms with Crippen molar-refractivity contribution in [3.63, 3.8) is 0 Å². The van der Waals surface area contributed by atoms with E-state index < -0.39 is 11.0 Å². The summed E-state index contributed by atoms with van der Waals surface area (Å²) < 4.78 is 0. The molecule has 0 aliphatic heterocycles. The molecule has 12 heteroatoms. The van der Waals surface area contributed by atoms with Gasteiger partial charge in [-0.1, -0.05) is 19.4 Å². The summed E-state index contributed by atoms with van der Waals surface area (Å²) in [5.74, 6) is -0.544. The molecule has 1 aliphatic rings. The van der Waals surface area contributed by atoms with Crippen molar-refractivity contribution in [2.24, 2.45) is 0 Å². The van der Waals surface area contributed by atoms with E-state index >= 15 is 0 Å². The molecule has 0 unspecified atom stereocenters. The number of aromatic amines is 1. The van der Waals surface area contributed by atoms with Crippen molar-refractivity contribution < 1.29 is 14.4 Å². The van der Waals surface area contributed by atoms with Crippen LogP contribution in [0.3, 0.4) is 0 Å². The van der Waals surface area contributed by atoms with E-state index in [4.69, 9.17) is 5.73 Å². The zero-order chi connectivity index (χ0) is 27.8. The van der Waals surface area contributed by atoms with E-state index in [-0.39, 0.29) is 36.4 Å². The molecule has 4 rings (SSSR count). The van der Waals surface area contributed by atoms with E-state index in [0.717, 1.165) is 16.7 Å². The lowest BCUT2D eigenvalue weighted by Crippen LogP contribution is -2.45. The molecule has 0 saturated heterocycles. The lowest BCUT2D eigenvalue weighted by Gasteiger charge is -2.30. The number of rotatable bonds is 8. The second-order valence-electron chi connectivity index (χ2n) is 11.1. The number of aromatic nitrogens is 5. The number of thiazole rings is 1. The fraction of sp³-hybridized carbons (Fsp3) is 0.423. The standard InChI is InChI=1S/C26H32N8O3S/c1-13(2)7-16(35)10-26(5,6)32-17(36)8-15-12-38-24(29-15)31-22(37)21-18-20(33-34-21)19-14(9-25(18,3)4)11-28-23(27)30-19/h7,11-12H,8-10H2,1-6H3,(H,32,36)(H,33,34)(H2,27,28,30)(H,29,31,37). The Morgan fingerprint density at radius 3 is 2.66 bits per heavy atom. The number of anilines is 2. The second-order valence-corrected chi connectivity index (χ2v) is 11.9. The highest BCUT2D eigenvalue weighted by Gasteiger charge is 2.38. The van der Waals surface area contributed by atoms with Crippen LogP contribution in [0.1, 0.15) is 75.3 Å². The van der Waals surface area contributed by atoms with Crippen LogP contribution in [0.15, 0.2) is 23.2 Å². The van der Waals surface area contributed by atoms with Gasteiger partial charge >= 0.3 is 0 Å². The van der Waals surface area contributed by atoms with E-state index in [1.165, 1.54) is 11.3 Å². The number of nitrogens with zero attached hydrogens (tertiary/aromatic N) is 4. The lowest BCUT2D eigenvalue weighted by atomic mass is 9.73. The summed E-state index contributed by atoms with van der Waals surface area (Å²) in [7, 11) is 0. The van der Waals surface area contributed by atoms with Gasteiger partial charge in [0.05, 0.1) is 17.8 Å². The van der Waals surface area contributed by atoms with Crippen LogP contribution in [-0.4, -0.2) is 48.3 Å². The number of hydrogen-bond acceptors (Lipinski definition) is 9. The van der Waals surface area contributed by atoms with Crippen LogP contribution in [0.5, 0.6) is 0 Å². The van der Waals surface area contributed by atoms with Crippen molar-refractivity contribution in [1.82, 2.24) is 30.5 Å². The Kier molecular flexibility index (Phi) is 7.20. The highest BCUT2D eigenvalue weighted by atomic mass is 32.1. The summed E-state index contributed by atoms with van der Waals surface area (Å²) in [4.78, 5) is 50.8. The largest absolute Gasteiger partial charge is 0.368 e. The van der Waals surface area contributed by atoms with Crippen LogP contribution in [0.4, 0.5) is 11.1 Å². The summed E-state index contributed by atoms with van der Waals surface area (Å²) in [6.45, 7) is 11.4. The Labute approximate surface area is 224 Å². The van der Waals surface area contributed by atoms with Crippen molar-refractivity contribution in [2.75, 3.05) is 11.1 Å². The van der Waals surface area contributed by atoms with Gasteiger partial charge in [-0.25, -0.2) is 15.0 Å². The second kappa shape index (κ2) is 10.1. The number of allylic oxidation sites excluding steroid dienone is 2. The van der Waals surface area contributed by atoms with Gasteiger partial charge in [-0.2, -0.15) is 5.10 Å². The number of nitrogens with two attached hydrogens (primary N) is 1. The monoisotopic (exact) mass is 536 g/mol. The molecule has 5 N–H and O–H groups in total. The Balaban J connectivity index is 1.44. The molecule has 3 heterocycles. The Morgan fingerprint density at radius 2 is 1.95 bits per heavy atom. The first-order valence-electron chi connectivity index (χ1n) is 12.2. The first-order valence-corrected chi connectivity index (χ1v) is 13.1. The number of H-pyrrole nitrogens is 1. The maximum absolute atomic E-state index is 13.2. The highest BCUT2D eigenvalue weighted by molar-refractivity contribution is 7.14. The van der Waals surface area contributed by atoms with E-state index in [1.54, 1.807) is 31.5 Å². The van der Waals surface area contributed by atoms with Gasteiger partial charge in [0.1, 0.15) is 11.4 Å². The van der Waals surface area contributed by atoms with Gasteiger partial charge in [-0.15, -0.1) is 11.3 Å². The van der Waals surface area contributed by atoms with Gasteiger partial charge < -0.3 is 11.1 Å². The van der Waals surface area contributed by atoms with Gasteiger partial charge in [0.2, 0.25) is 11.9 Å². The van der Waals surface area contributed by atoms with E-state index in [9.17, 15) is 14.4 Å². The number of nitrogens with one attached hydrogen (secondary N) is 3.